The van der Waals surface area contributed by atoms with Gasteiger partial charge in [0.25, 0.3) is 0 Å². The monoisotopic (exact) mass is 251 g/mol. The van der Waals surface area contributed by atoms with Crippen LogP contribution in [0.2, 0.25) is 0 Å². The molecular weight excluding hydrogens is 218 g/mol. The number of hydrogen-bond donors (Lipinski definition) is 1. The van der Waals surface area contributed by atoms with Crippen molar-refractivity contribution < 1.29 is 0 Å². The lowest BCUT2D eigenvalue weighted by Crippen LogP contribution is -2.31. The Morgan fingerprint density at radius 3 is 2.28 bits per heavy atom. The van der Waals surface area contributed by atoms with Crippen molar-refractivity contribution in [3.8, 4) is 0 Å². The molecule has 1 heteroatoms. The van der Waals surface area contributed by atoms with Crippen LogP contribution in [-0.2, 0) is 0 Å². The minimum absolute atomic E-state index is 0.778. The van der Waals surface area contributed by atoms with E-state index in [9.17, 15) is 0 Å². The van der Waals surface area contributed by atoms with E-state index in [1.807, 2.05) is 0 Å². The summed E-state index contributed by atoms with van der Waals surface area (Å²) >= 11 is 0. The van der Waals surface area contributed by atoms with Crippen LogP contribution in [0.3, 0.4) is 0 Å². The Bertz CT molecular complexity index is 246. The molecular formula is C17H33N. The van der Waals surface area contributed by atoms with Gasteiger partial charge in [0.15, 0.2) is 0 Å². The summed E-state index contributed by atoms with van der Waals surface area (Å²) in [4.78, 5) is 0. The van der Waals surface area contributed by atoms with Crippen LogP contribution >= 0.6 is 0 Å². The number of hydrogen-bond acceptors (Lipinski definition) is 1. The molecule has 0 aromatic heterocycles. The van der Waals surface area contributed by atoms with Gasteiger partial charge in [-0.15, -0.1) is 0 Å². The van der Waals surface area contributed by atoms with Crippen LogP contribution in [0, 0.1) is 35.5 Å². The minimum atomic E-state index is 0.778. The first-order chi connectivity index (χ1) is 8.56. The number of nitrogens with one attached hydrogen (secondary N) is 1. The highest BCUT2D eigenvalue weighted by atomic mass is 14.9. The molecule has 0 aliphatic heterocycles. The predicted octanol–water partition coefficient (Wildman–Crippen LogP) is 4.33. The van der Waals surface area contributed by atoms with Crippen molar-refractivity contribution in [3.63, 3.8) is 0 Å². The van der Waals surface area contributed by atoms with Crippen molar-refractivity contribution >= 4 is 0 Å². The maximum atomic E-state index is 3.68. The third-order valence-electron chi connectivity index (χ3n) is 5.39. The first-order valence-corrected chi connectivity index (χ1v) is 8.27. The number of fused-ring (bicyclic) bond motifs is 2. The van der Waals surface area contributed by atoms with Gasteiger partial charge in [0.1, 0.15) is 0 Å². The molecule has 0 spiro atoms. The van der Waals surface area contributed by atoms with Crippen LogP contribution < -0.4 is 5.32 Å². The molecule has 4 atom stereocenters. The summed E-state index contributed by atoms with van der Waals surface area (Å²) in [6, 6.07) is 0. The lowest BCUT2D eigenvalue weighted by Gasteiger charge is -2.29. The molecule has 18 heavy (non-hydrogen) atoms. The number of rotatable bonds is 7. The topological polar surface area (TPSA) is 12.0 Å². The molecule has 2 saturated carbocycles. The van der Waals surface area contributed by atoms with Gasteiger partial charge in [-0.05, 0) is 74.3 Å². The van der Waals surface area contributed by atoms with Crippen LogP contribution in [0.1, 0.15) is 59.8 Å². The zero-order valence-electron chi connectivity index (χ0n) is 12.9. The second kappa shape index (κ2) is 6.41. The Kier molecular flexibility index (Phi) is 5.12. The molecule has 1 N–H and O–H groups in total. The zero-order valence-corrected chi connectivity index (χ0v) is 12.9. The fourth-order valence-electron chi connectivity index (χ4n) is 4.20. The first-order valence-electron chi connectivity index (χ1n) is 8.27. The van der Waals surface area contributed by atoms with Gasteiger partial charge in [-0.3, -0.25) is 0 Å². The summed E-state index contributed by atoms with van der Waals surface area (Å²) < 4.78 is 0. The Morgan fingerprint density at radius 2 is 1.78 bits per heavy atom. The van der Waals surface area contributed by atoms with Gasteiger partial charge in [0.05, 0.1) is 0 Å². The van der Waals surface area contributed by atoms with Gasteiger partial charge in [0.2, 0.25) is 0 Å². The summed E-state index contributed by atoms with van der Waals surface area (Å²) in [5, 5.41) is 3.68. The van der Waals surface area contributed by atoms with Crippen LogP contribution in [0.15, 0.2) is 0 Å². The zero-order chi connectivity index (χ0) is 13.1. The first kappa shape index (κ1) is 14.4. The fourth-order valence-corrected chi connectivity index (χ4v) is 4.20. The smallest absolute Gasteiger partial charge is 0.00179 e. The summed E-state index contributed by atoms with van der Waals surface area (Å²) in [6.45, 7) is 11.8. The highest BCUT2D eigenvalue weighted by Crippen LogP contribution is 2.50. The maximum Gasteiger partial charge on any atom is -0.00179 e. The minimum Gasteiger partial charge on any atom is -0.316 e. The van der Waals surface area contributed by atoms with Crippen LogP contribution in [0.5, 0.6) is 0 Å². The Balaban J connectivity index is 1.75. The third-order valence-corrected chi connectivity index (χ3v) is 5.39. The standard InChI is InChI=1S/C17H33N/c1-12(2)10-18-11-17(13(3)4)9-16-8-14-5-6-15(16)7-14/h12-18H,5-11H2,1-4H3. The van der Waals surface area contributed by atoms with Gasteiger partial charge in [-0.1, -0.05) is 34.1 Å². The molecule has 2 fully saturated rings. The average Bonchev–Trinajstić information content (AvgIpc) is 2.88. The Labute approximate surface area is 114 Å². The summed E-state index contributed by atoms with van der Waals surface area (Å²) in [7, 11) is 0. The van der Waals surface area contributed by atoms with Crippen molar-refractivity contribution in [2.45, 2.75) is 59.8 Å². The molecule has 0 amide bonds. The molecule has 2 aliphatic carbocycles. The SMILES string of the molecule is CC(C)CNCC(CC1CC2CCC1C2)C(C)C. The molecule has 0 aromatic carbocycles. The van der Waals surface area contributed by atoms with E-state index in [0.29, 0.717) is 0 Å². The van der Waals surface area contributed by atoms with E-state index >= 15 is 0 Å². The van der Waals surface area contributed by atoms with Gasteiger partial charge >= 0.3 is 0 Å². The van der Waals surface area contributed by atoms with E-state index in [-0.39, 0.29) is 0 Å². The van der Waals surface area contributed by atoms with Crippen LogP contribution in [-0.4, -0.2) is 13.1 Å². The Hall–Kier alpha value is -0.0400. The molecule has 0 saturated heterocycles. The van der Waals surface area contributed by atoms with Crippen molar-refractivity contribution in [2.75, 3.05) is 13.1 Å². The van der Waals surface area contributed by atoms with E-state index in [4.69, 9.17) is 0 Å². The summed E-state index contributed by atoms with van der Waals surface area (Å²) in [5.74, 6) is 5.78. The van der Waals surface area contributed by atoms with Crippen molar-refractivity contribution in [1.82, 2.24) is 5.32 Å². The molecule has 0 radical (unpaired) electrons. The molecule has 1 nitrogen and oxygen atoms in total. The summed E-state index contributed by atoms with van der Waals surface area (Å²) in [5.41, 5.74) is 0. The van der Waals surface area contributed by atoms with E-state index in [0.717, 1.165) is 35.5 Å². The lowest BCUT2D eigenvalue weighted by molar-refractivity contribution is 0.226. The van der Waals surface area contributed by atoms with Gasteiger partial charge in [-0.2, -0.15) is 0 Å². The van der Waals surface area contributed by atoms with Gasteiger partial charge < -0.3 is 5.32 Å². The van der Waals surface area contributed by atoms with E-state index in [2.05, 4.69) is 33.0 Å². The maximum absolute atomic E-state index is 3.68. The molecule has 4 unspecified atom stereocenters. The molecule has 0 heterocycles. The lowest BCUT2D eigenvalue weighted by atomic mass is 9.79. The highest BCUT2D eigenvalue weighted by Gasteiger charge is 2.40. The predicted molar refractivity (Wildman–Crippen MR) is 79.6 cm³/mol. The second-order valence-electron chi connectivity index (χ2n) is 7.73. The third kappa shape index (κ3) is 3.73. The molecule has 2 aliphatic rings. The normalized spacial score (nSPS) is 32.7. The van der Waals surface area contributed by atoms with E-state index in [1.54, 1.807) is 25.7 Å². The van der Waals surface area contributed by atoms with Crippen LogP contribution in [0.4, 0.5) is 0 Å². The van der Waals surface area contributed by atoms with Gasteiger partial charge in [0, 0.05) is 0 Å². The van der Waals surface area contributed by atoms with Crippen LogP contribution in [0.25, 0.3) is 0 Å². The molecule has 106 valence electrons. The molecule has 2 bridgehead atoms. The van der Waals surface area contributed by atoms with Gasteiger partial charge in [-0.25, -0.2) is 0 Å². The fraction of sp³-hybridized carbons (Fsp3) is 1.00. The quantitative estimate of drug-likeness (QED) is 0.710. The average molecular weight is 251 g/mol. The molecule has 0 aromatic rings. The molecule has 2 rings (SSSR count). The van der Waals surface area contributed by atoms with E-state index in [1.165, 1.54) is 19.5 Å². The largest absolute Gasteiger partial charge is 0.316 e. The van der Waals surface area contributed by atoms with Crippen molar-refractivity contribution in [2.24, 2.45) is 35.5 Å². The Morgan fingerprint density at radius 1 is 1.00 bits per heavy atom. The second-order valence-corrected chi connectivity index (χ2v) is 7.73. The van der Waals surface area contributed by atoms with Crippen molar-refractivity contribution in [1.29, 1.82) is 0 Å². The van der Waals surface area contributed by atoms with E-state index < -0.39 is 0 Å². The van der Waals surface area contributed by atoms with Crippen molar-refractivity contribution in [3.05, 3.63) is 0 Å². The highest BCUT2D eigenvalue weighted by molar-refractivity contribution is 4.91. The summed E-state index contributed by atoms with van der Waals surface area (Å²) in [6.07, 6.45) is 7.69.